The molecule has 4 rings (SSSR count). The fraction of sp³-hybridized carbons (Fsp3) is 0.263. The Kier molecular flexibility index (Phi) is 4.28. The standard InChI is InChI=1S/C19H17F2N3O/c20-15-7-5-13(6-8-15)19-22-18(25-23-19)12-24(16-9-10-16)11-14-3-1-2-4-17(14)21/h1-8,16H,9-12H2. The number of aromatic nitrogens is 2. The van der Waals surface area contributed by atoms with Crippen molar-refractivity contribution in [3.05, 3.63) is 71.6 Å². The van der Waals surface area contributed by atoms with Crippen LogP contribution in [0.1, 0.15) is 24.3 Å². The minimum atomic E-state index is -0.308. The van der Waals surface area contributed by atoms with Gasteiger partial charge in [0.05, 0.1) is 6.54 Å². The van der Waals surface area contributed by atoms with Crippen LogP contribution >= 0.6 is 0 Å². The van der Waals surface area contributed by atoms with Crippen molar-refractivity contribution in [1.29, 1.82) is 0 Å². The lowest BCUT2D eigenvalue weighted by Gasteiger charge is -2.20. The molecule has 0 amide bonds. The van der Waals surface area contributed by atoms with Gasteiger partial charge in [0.15, 0.2) is 0 Å². The normalized spacial score (nSPS) is 14.2. The molecule has 0 spiro atoms. The molecule has 3 aromatic rings. The van der Waals surface area contributed by atoms with E-state index in [1.807, 2.05) is 6.07 Å². The largest absolute Gasteiger partial charge is 0.338 e. The Bertz CT molecular complexity index is 859. The van der Waals surface area contributed by atoms with Crippen LogP contribution in [0.5, 0.6) is 0 Å². The summed E-state index contributed by atoms with van der Waals surface area (Å²) in [6.07, 6.45) is 2.18. The molecule has 2 aromatic carbocycles. The van der Waals surface area contributed by atoms with Crippen LogP contribution in [0.15, 0.2) is 53.1 Å². The molecule has 0 radical (unpaired) electrons. The lowest BCUT2D eigenvalue weighted by atomic mass is 10.2. The van der Waals surface area contributed by atoms with Crippen molar-refractivity contribution < 1.29 is 13.3 Å². The smallest absolute Gasteiger partial charge is 0.241 e. The number of halogens is 2. The van der Waals surface area contributed by atoms with Gasteiger partial charge >= 0.3 is 0 Å². The summed E-state index contributed by atoms with van der Waals surface area (Å²) in [6, 6.07) is 13.2. The van der Waals surface area contributed by atoms with Crippen LogP contribution in [0.25, 0.3) is 11.4 Å². The average Bonchev–Trinajstić information content (AvgIpc) is 3.36. The molecular weight excluding hydrogens is 324 g/mol. The SMILES string of the molecule is Fc1ccc(-c2noc(CN(Cc3ccccc3F)C3CC3)n2)cc1. The molecule has 1 aliphatic carbocycles. The van der Waals surface area contributed by atoms with Crippen LogP contribution in [0.3, 0.4) is 0 Å². The van der Waals surface area contributed by atoms with E-state index >= 15 is 0 Å². The van der Waals surface area contributed by atoms with Gasteiger partial charge < -0.3 is 4.52 Å². The molecule has 0 bridgehead atoms. The quantitative estimate of drug-likeness (QED) is 0.674. The summed E-state index contributed by atoms with van der Waals surface area (Å²) in [5.74, 6) is 0.391. The summed E-state index contributed by atoms with van der Waals surface area (Å²) < 4.78 is 32.3. The average molecular weight is 341 g/mol. The van der Waals surface area contributed by atoms with E-state index in [2.05, 4.69) is 15.0 Å². The van der Waals surface area contributed by atoms with Crippen molar-refractivity contribution in [3.63, 3.8) is 0 Å². The predicted octanol–water partition coefficient (Wildman–Crippen LogP) is 4.18. The summed E-state index contributed by atoms with van der Waals surface area (Å²) in [5, 5.41) is 3.96. The summed E-state index contributed by atoms with van der Waals surface area (Å²) in [6.45, 7) is 0.971. The second-order valence-corrected chi connectivity index (χ2v) is 6.25. The van der Waals surface area contributed by atoms with Crippen molar-refractivity contribution in [3.8, 4) is 11.4 Å². The second kappa shape index (κ2) is 6.72. The van der Waals surface area contributed by atoms with E-state index in [1.165, 1.54) is 18.2 Å². The summed E-state index contributed by atoms with van der Waals surface area (Å²) in [7, 11) is 0. The van der Waals surface area contributed by atoms with Crippen molar-refractivity contribution in [2.75, 3.05) is 0 Å². The van der Waals surface area contributed by atoms with Gasteiger partial charge in [0.2, 0.25) is 11.7 Å². The molecule has 0 atom stereocenters. The third-order valence-corrected chi connectivity index (χ3v) is 4.30. The highest BCUT2D eigenvalue weighted by atomic mass is 19.1. The third-order valence-electron chi connectivity index (χ3n) is 4.30. The molecule has 0 saturated heterocycles. The number of hydrogen-bond acceptors (Lipinski definition) is 4. The molecular formula is C19H17F2N3O. The molecule has 6 heteroatoms. The predicted molar refractivity (Wildman–Crippen MR) is 88.4 cm³/mol. The van der Waals surface area contributed by atoms with Crippen LogP contribution in [0.4, 0.5) is 8.78 Å². The molecule has 128 valence electrons. The molecule has 1 aliphatic rings. The van der Waals surface area contributed by atoms with Gasteiger partial charge in [0.1, 0.15) is 11.6 Å². The monoisotopic (exact) mass is 341 g/mol. The number of benzene rings is 2. The van der Waals surface area contributed by atoms with E-state index in [4.69, 9.17) is 4.52 Å². The maximum atomic E-state index is 13.9. The van der Waals surface area contributed by atoms with E-state index in [0.29, 0.717) is 42.0 Å². The number of rotatable bonds is 6. The summed E-state index contributed by atoms with van der Waals surface area (Å²) in [4.78, 5) is 6.54. The lowest BCUT2D eigenvalue weighted by Crippen LogP contribution is -2.25. The molecule has 1 saturated carbocycles. The van der Waals surface area contributed by atoms with Crippen molar-refractivity contribution >= 4 is 0 Å². The molecule has 1 fully saturated rings. The van der Waals surface area contributed by atoms with Crippen LogP contribution in [-0.4, -0.2) is 21.1 Å². The topological polar surface area (TPSA) is 42.2 Å². The molecule has 1 heterocycles. The van der Waals surface area contributed by atoms with Crippen LogP contribution in [-0.2, 0) is 13.1 Å². The van der Waals surface area contributed by atoms with Crippen LogP contribution in [0.2, 0.25) is 0 Å². The van der Waals surface area contributed by atoms with E-state index in [1.54, 1.807) is 24.3 Å². The van der Waals surface area contributed by atoms with Gasteiger partial charge in [-0.05, 0) is 43.2 Å². The van der Waals surface area contributed by atoms with Crippen molar-refractivity contribution in [1.82, 2.24) is 15.0 Å². The summed E-state index contributed by atoms with van der Waals surface area (Å²) in [5.41, 5.74) is 1.36. The molecule has 1 aromatic heterocycles. The molecule has 4 nitrogen and oxygen atoms in total. The van der Waals surface area contributed by atoms with E-state index in [-0.39, 0.29) is 11.6 Å². The number of hydrogen-bond donors (Lipinski definition) is 0. The fourth-order valence-electron chi connectivity index (χ4n) is 2.81. The Hall–Kier alpha value is -2.60. The molecule has 0 unspecified atom stereocenters. The highest BCUT2D eigenvalue weighted by molar-refractivity contribution is 5.53. The Morgan fingerprint density at radius 2 is 1.76 bits per heavy atom. The Morgan fingerprint density at radius 1 is 1.00 bits per heavy atom. The van der Waals surface area contributed by atoms with Gasteiger partial charge in [-0.3, -0.25) is 4.90 Å². The first-order valence-corrected chi connectivity index (χ1v) is 8.25. The van der Waals surface area contributed by atoms with Gasteiger partial charge in [0, 0.05) is 23.7 Å². The number of nitrogens with zero attached hydrogens (tertiary/aromatic N) is 3. The minimum Gasteiger partial charge on any atom is -0.338 e. The van der Waals surface area contributed by atoms with Gasteiger partial charge in [0.25, 0.3) is 0 Å². The minimum absolute atomic E-state index is 0.203. The first-order valence-electron chi connectivity index (χ1n) is 8.25. The Balaban J connectivity index is 1.49. The van der Waals surface area contributed by atoms with E-state index in [9.17, 15) is 8.78 Å². The Morgan fingerprint density at radius 3 is 2.48 bits per heavy atom. The molecule has 25 heavy (non-hydrogen) atoms. The zero-order valence-corrected chi connectivity index (χ0v) is 13.5. The zero-order valence-electron chi connectivity index (χ0n) is 13.5. The van der Waals surface area contributed by atoms with Crippen molar-refractivity contribution in [2.45, 2.75) is 32.0 Å². The van der Waals surface area contributed by atoms with Gasteiger partial charge in [-0.25, -0.2) is 8.78 Å². The molecule has 0 aliphatic heterocycles. The highest BCUT2D eigenvalue weighted by Gasteiger charge is 2.30. The van der Waals surface area contributed by atoms with Crippen LogP contribution in [0, 0.1) is 11.6 Å². The van der Waals surface area contributed by atoms with Gasteiger partial charge in [-0.2, -0.15) is 4.98 Å². The first-order chi connectivity index (χ1) is 12.2. The zero-order chi connectivity index (χ0) is 17.2. The Labute approximate surface area is 144 Å². The third kappa shape index (κ3) is 3.74. The summed E-state index contributed by atoms with van der Waals surface area (Å²) >= 11 is 0. The van der Waals surface area contributed by atoms with E-state index in [0.717, 1.165) is 12.8 Å². The maximum absolute atomic E-state index is 13.9. The highest BCUT2D eigenvalue weighted by Crippen LogP contribution is 2.30. The van der Waals surface area contributed by atoms with E-state index < -0.39 is 0 Å². The van der Waals surface area contributed by atoms with Crippen LogP contribution < -0.4 is 0 Å². The first kappa shape index (κ1) is 15.9. The van der Waals surface area contributed by atoms with Crippen molar-refractivity contribution in [2.24, 2.45) is 0 Å². The fourth-order valence-corrected chi connectivity index (χ4v) is 2.81. The maximum Gasteiger partial charge on any atom is 0.241 e. The lowest BCUT2D eigenvalue weighted by molar-refractivity contribution is 0.207. The van der Waals surface area contributed by atoms with Gasteiger partial charge in [-0.1, -0.05) is 23.4 Å². The second-order valence-electron chi connectivity index (χ2n) is 6.25. The van der Waals surface area contributed by atoms with Gasteiger partial charge in [-0.15, -0.1) is 0 Å². The molecule has 0 N–H and O–H groups in total.